The van der Waals surface area contributed by atoms with E-state index in [2.05, 4.69) is 45.5 Å². The smallest absolute Gasteiger partial charge is 0.0490 e. The number of allylic oxidation sites excluding steroid dienone is 1. The predicted molar refractivity (Wildman–Crippen MR) is 64.4 cm³/mol. The van der Waals surface area contributed by atoms with Crippen LogP contribution in [0.5, 0.6) is 0 Å². The van der Waals surface area contributed by atoms with Gasteiger partial charge in [0.2, 0.25) is 0 Å². The molecule has 0 radical (unpaired) electrons. The van der Waals surface area contributed by atoms with Crippen molar-refractivity contribution in [2.24, 2.45) is 5.41 Å². The average molecular weight is 208 g/mol. The lowest BCUT2D eigenvalue weighted by atomic mass is 9.83. The van der Waals surface area contributed by atoms with Crippen LogP contribution in [0.3, 0.4) is 0 Å². The zero-order valence-corrected chi connectivity index (χ0v) is 10.2. The van der Waals surface area contributed by atoms with E-state index in [0.717, 1.165) is 11.1 Å². The first-order valence-corrected chi connectivity index (χ1v) is 5.56. The van der Waals surface area contributed by atoms with Gasteiger partial charge in [0.05, 0.1) is 0 Å². The highest BCUT2D eigenvalue weighted by Gasteiger charge is 2.32. The lowest BCUT2D eigenvalue weighted by molar-refractivity contribution is 0.474. The molecule has 2 rings (SSSR count). The van der Waals surface area contributed by atoms with Crippen molar-refractivity contribution in [2.75, 3.05) is 6.52 Å². The normalized spacial score (nSPS) is 39.1. The molecule has 1 aliphatic heterocycles. The van der Waals surface area contributed by atoms with Crippen molar-refractivity contribution in [3.05, 3.63) is 22.3 Å². The molecule has 15 heavy (non-hydrogen) atoms. The molecule has 84 valence electrons. The summed E-state index contributed by atoms with van der Waals surface area (Å²) in [6.07, 6.45) is -0.357. The summed E-state index contributed by atoms with van der Waals surface area (Å²) < 4.78 is 16.4. The van der Waals surface area contributed by atoms with Crippen molar-refractivity contribution >= 4 is 0 Å². The van der Waals surface area contributed by atoms with Gasteiger partial charge in [0.15, 0.2) is 0 Å². The summed E-state index contributed by atoms with van der Waals surface area (Å²) in [5.74, 6) is 0. The fourth-order valence-electron chi connectivity index (χ4n) is 2.49. The van der Waals surface area contributed by atoms with Gasteiger partial charge < -0.3 is 0 Å². The zero-order valence-electron chi connectivity index (χ0n) is 12.2. The summed E-state index contributed by atoms with van der Waals surface area (Å²) in [5, 5.41) is 0. The van der Waals surface area contributed by atoms with Crippen LogP contribution in [0.4, 0.5) is 0 Å². The van der Waals surface area contributed by atoms with Gasteiger partial charge in [0.25, 0.3) is 0 Å². The molecule has 0 bridgehead atoms. The van der Waals surface area contributed by atoms with Crippen molar-refractivity contribution in [2.45, 2.75) is 47.1 Å². The third-order valence-corrected chi connectivity index (χ3v) is 3.19. The Bertz CT molecular complexity index is 404. The minimum absolute atomic E-state index is 0.00667. The molecule has 0 spiro atoms. The monoisotopic (exact) mass is 208 g/mol. The van der Waals surface area contributed by atoms with E-state index >= 15 is 0 Å². The van der Waals surface area contributed by atoms with E-state index in [4.69, 9.17) is 2.74 Å². The molecule has 0 aromatic rings. The first-order valence-electron chi connectivity index (χ1n) is 6.71. The number of rotatable bonds is 0. The van der Waals surface area contributed by atoms with Gasteiger partial charge in [0, 0.05) is 15.3 Å². The van der Waals surface area contributed by atoms with Gasteiger partial charge in [-0.1, -0.05) is 26.3 Å². The molecule has 2 unspecified atom stereocenters. The van der Waals surface area contributed by atoms with E-state index in [1.807, 2.05) is 0 Å². The van der Waals surface area contributed by atoms with Gasteiger partial charge in [-0.05, 0) is 42.4 Å². The van der Waals surface area contributed by atoms with Crippen molar-refractivity contribution in [3.63, 3.8) is 0 Å². The van der Waals surface area contributed by atoms with Gasteiger partial charge in [0.1, 0.15) is 0 Å². The Morgan fingerprint density at radius 1 is 1.40 bits per heavy atom. The van der Waals surface area contributed by atoms with E-state index in [1.54, 1.807) is 0 Å². The lowest BCUT2D eigenvalue weighted by Gasteiger charge is -2.25. The van der Waals surface area contributed by atoms with Crippen LogP contribution in [0.2, 0.25) is 0 Å². The standard InChI is InChI=1S/C13H22N2/c1-8-11(13(3,4)5)6-10-7-14-15-9(2)12(8)10/h9,14-15H,6-7H2,1-5H3/t9-/m0/s1/i6D,7D/t6?,7?,9-. The van der Waals surface area contributed by atoms with E-state index in [1.165, 1.54) is 11.1 Å². The Morgan fingerprint density at radius 2 is 2.07 bits per heavy atom. The highest BCUT2D eigenvalue weighted by Crippen LogP contribution is 2.43. The summed E-state index contributed by atoms with van der Waals surface area (Å²) in [6.45, 7) is 10.1. The fraction of sp³-hybridized carbons (Fsp3) is 0.692. The second kappa shape index (κ2) is 3.46. The summed E-state index contributed by atoms with van der Waals surface area (Å²) in [6, 6.07) is 0.180. The highest BCUT2D eigenvalue weighted by atomic mass is 15.4. The van der Waals surface area contributed by atoms with Gasteiger partial charge in [-0.25, -0.2) is 0 Å². The maximum atomic E-state index is 8.42. The third-order valence-electron chi connectivity index (χ3n) is 3.19. The molecule has 3 atom stereocenters. The van der Waals surface area contributed by atoms with Crippen molar-refractivity contribution in [1.82, 2.24) is 10.9 Å². The number of hydrazine groups is 1. The Morgan fingerprint density at radius 3 is 2.60 bits per heavy atom. The van der Waals surface area contributed by atoms with Crippen LogP contribution in [0.1, 0.15) is 43.8 Å². The van der Waals surface area contributed by atoms with Crippen LogP contribution in [0.25, 0.3) is 0 Å². The fourth-order valence-corrected chi connectivity index (χ4v) is 2.49. The van der Waals surface area contributed by atoms with Crippen LogP contribution in [0, 0.1) is 5.41 Å². The minimum Gasteiger partial charge on any atom is -0.253 e. The molecule has 0 amide bonds. The summed E-state index contributed by atoms with van der Waals surface area (Å²) in [5.41, 5.74) is 10.5. The molecule has 1 heterocycles. The first-order chi connectivity index (χ1) is 7.75. The van der Waals surface area contributed by atoms with Crippen molar-refractivity contribution in [1.29, 1.82) is 0 Å². The van der Waals surface area contributed by atoms with Crippen molar-refractivity contribution < 1.29 is 2.74 Å². The lowest BCUT2D eigenvalue weighted by Crippen LogP contribution is -2.45. The number of nitrogens with one attached hydrogen (secondary N) is 2. The minimum atomic E-state index is -0.501. The summed E-state index contributed by atoms with van der Waals surface area (Å²) in [4.78, 5) is 0. The molecule has 0 aromatic heterocycles. The molecule has 2 heteroatoms. The van der Waals surface area contributed by atoms with E-state index in [-0.39, 0.29) is 17.9 Å². The largest absolute Gasteiger partial charge is 0.253 e. The summed E-state index contributed by atoms with van der Waals surface area (Å²) in [7, 11) is 0. The number of hydrogen-bond acceptors (Lipinski definition) is 2. The van der Waals surface area contributed by atoms with Gasteiger partial charge in [-0.15, -0.1) is 0 Å². The molecule has 0 fully saturated rings. The molecule has 0 saturated heterocycles. The SMILES string of the molecule is [2H]C1NN[C@@H](C)C2=C1C([2H])C(C(C)(C)C)=C2C. The van der Waals surface area contributed by atoms with Gasteiger partial charge in [-0.2, -0.15) is 0 Å². The van der Waals surface area contributed by atoms with E-state index in [9.17, 15) is 0 Å². The molecular weight excluding hydrogens is 184 g/mol. The van der Waals surface area contributed by atoms with Crippen molar-refractivity contribution in [3.8, 4) is 0 Å². The molecule has 0 aromatic carbocycles. The van der Waals surface area contributed by atoms with E-state index < -0.39 is 6.52 Å². The number of hydrogen-bond donors (Lipinski definition) is 2. The predicted octanol–water partition coefficient (Wildman–Crippen LogP) is 2.55. The zero-order chi connectivity index (χ0) is 13.0. The topological polar surface area (TPSA) is 24.1 Å². The maximum absolute atomic E-state index is 8.42. The van der Waals surface area contributed by atoms with Crippen LogP contribution in [-0.4, -0.2) is 12.6 Å². The molecule has 2 N–H and O–H groups in total. The van der Waals surface area contributed by atoms with E-state index in [0.29, 0.717) is 0 Å². The Balaban J connectivity index is 2.52. The molecule has 0 saturated carbocycles. The maximum Gasteiger partial charge on any atom is 0.0490 e. The Labute approximate surface area is 95.6 Å². The van der Waals surface area contributed by atoms with Crippen LogP contribution in [0.15, 0.2) is 22.3 Å². The third kappa shape index (κ3) is 1.77. The van der Waals surface area contributed by atoms with Gasteiger partial charge in [-0.3, -0.25) is 10.9 Å². The quantitative estimate of drug-likeness (QED) is 0.639. The van der Waals surface area contributed by atoms with Crippen LogP contribution < -0.4 is 10.9 Å². The van der Waals surface area contributed by atoms with Crippen LogP contribution >= 0.6 is 0 Å². The van der Waals surface area contributed by atoms with Gasteiger partial charge >= 0.3 is 0 Å². The first kappa shape index (κ1) is 8.54. The second-order valence-electron chi connectivity index (χ2n) is 5.46. The molecule has 1 aliphatic carbocycles. The molecular formula is C13H22N2. The Kier molecular flexibility index (Phi) is 1.97. The highest BCUT2D eigenvalue weighted by molar-refractivity contribution is 5.51. The molecule has 2 nitrogen and oxygen atoms in total. The second-order valence-corrected chi connectivity index (χ2v) is 5.46. The van der Waals surface area contributed by atoms with Crippen LogP contribution in [-0.2, 0) is 0 Å². The average Bonchev–Trinajstić information content (AvgIpc) is 2.45. The Hall–Kier alpha value is -0.600. The molecule has 2 aliphatic rings. The summed E-state index contributed by atoms with van der Waals surface area (Å²) >= 11 is 0.